The highest BCUT2D eigenvalue weighted by atomic mass is 35.5. The molecule has 2 aliphatic heterocycles. The van der Waals surface area contributed by atoms with Gasteiger partial charge in [0.25, 0.3) is 0 Å². The van der Waals surface area contributed by atoms with Gasteiger partial charge in [0, 0.05) is 18.3 Å². The molecule has 0 aliphatic carbocycles. The van der Waals surface area contributed by atoms with E-state index >= 15 is 0 Å². The number of carbonyl (C=O) groups is 2. The van der Waals surface area contributed by atoms with Crippen molar-refractivity contribution in [3.8, 4) is 6.01 Å². The highest BCUT2D eigenvalue weighted by Gasteiger charge is 2.54. The number of hydrogen-bond acceptors (Lipinski definition) is 10. The van der Waals surface area contributed by atoms with Crippen LogP contribution in [0.15, 0.2) is 70.0 Å². The highest BCUT2D eigenvalue weighted by molar-refractivity contribution is 5.87. The molecule has 3 aromatic rings. The first-order valence-electron chi connectivity index (χ1n) is 10.3. The third-order valence-corrected chi connectivity index (χ3v) is 5.13. The molecule has 4 atom stereocenters. The first-order chi connectivity index (χ1) is 16.6. The molecule has 1 saturated heterocycles. The van der Waals surface area contributed by atoms with Crippen molar-refractivity contribution in [2.24, 2.45) is 0 Å². The molecule has 3 aromatic heterocycles. The van der Waals surface area contributed by atoms with E-state index in [4.69, 9.17) is 33.2 Å². The topological polar surface area (TPSA) is 139 Å². The van der Waals surface area contributed by atoms with Crippen LogP contribution in [0.25, 0.3) is 12.2 Å². The molecule has 0 amide bonds. The van der Waals surface area contributed by atoms with E-state index in [1.54, 1.807) is 35.0 Å². The number of aromatic nitrogens is 2. The first-order valence-corrected chi connectivity index (χ1v) is 10.3. The Labute approximate surface area is 204 Å². The second-order valence-corrected chi connectivity index (χ2v) is 7.38. The van der Waals surface area contributed by atoms with Crippen molar-refractivity contribution in [2.75, 3.05) is 6.61 Å². The zero-order valence-corrected chi connectivity index (χ0v) is 18.8. The van der Waals surface area contributed by atoms with Gasteiger partial charge in [0.1, 0.15) is 24.2 Å². The lowest BCUT2D eigenvalue weighted by molar-refractivity contribution is -0.154. The van der Waals surface area contributed by atoms with Gasteiger partial charge in [-0.1, -0.05) is 0 Å². The summed E-state index contributed by atoms with van der Waals surface area (Å²) in [4.78, 5) is 28.6. The van der Waals surface area contributed by atoms with E-state index in [9.17, 15) is 9.59 Å². The van der Waals surface area contributed by atoms with Gasteiger partial charge < -0.3 is 27.8 Å². The molecule has 12 heteroatoms. The van der Waals surface area contributed by atoms with E-state index in [1.165, 1.54) is 42.9 Å². The highest BCUT2D eigenvalue weighted by Crippen LogP contribution is 2.40. The van der Waals surface area contributed by atoms with E-state index in [2.05, 4.69) is 4.98 Å². The summed E-state index contributed by atoms with van der Waals surface area (Å²) in [5, 5.41) is 7.68. The third-order valence-electron chi connectivity index (χ3n) is 5.13. The van der Waals surface area contributed by atoms with Crippen molar-refractivity contribution in [3.05, 3.63) is 78.2 Å². The van der Waals surface area contributed by atoms with Crippen LogP contribution in [0, 0.1) is 5.41 Å². The van der Waals surface area contributed by atoms with Crippen LogP contribution >= 0.6 is 12.4 Å². The summed E-state index contributed by atoms with van der Waals surface area (Å²) in [6.07, 6.45) is 6.85. The largest absolute Gasteiger partial charge is 0.465 e. The van der Waals surface area contributed by atoms with E-state index in [1.807, 2.05) is 0 Å². The van der Waals surface area contributed by atoms with Gasteiger partial charge in [-0.3, -0.25) is 9.98 Å². The van der Waals surface area contributed by atoms with Crippen LogP contribution in [0.1, 0.15) is 17.7 Å². The maximum absolute atomic E-state index is 12.5. The second kappa shape index (κ2) is 10.5. The van der Waals surface area contributed by atoms with Gasteiger partial charge in [-0.05, 0) is 42.5 Å². The van der Waals surface area contributed by atoms with Gasteiger partial charge in [-0.2, -0.15) is 4.98 Å². The van der Waals surface area contributed by atoms with Crippen LogP contribution in [-0.2, 0) is 23.8 Å². The summed E-state index contributed by atoms with van der Waals surface area (Å²) < 4.78 is 34.7. The van der Waals surface area contributed by atoms with E-state index in [0.29, 0.717) is 11.5 Å². The molecule has 0 saturated carbocycles. The number of esters is 2. The zero-order valence-electron chi connectivity index (χ0n) is 18.0. The van der Waals surface area contributed by atoms with E-state index < -0.39 is 36.5 Å². The molecule has 5 rings (SSSR count). The van der Waals surface area contributed by atoms with Crippen molar-refractivity contribution in [2.45, 2.75) is 24.5 Å². The molecule has 0 aromatic carbocycles. The van der Waals surface area contributed by atoms with Gasteiger partial charge >= 0.3 is 17.9 Å². The molecule has 0 unspecified atom stereocenters. The van der Waals surface area contributed by atoms with Crippen LogP contribution in [0.2, 0.25) is 0 Å². The standard InChI is InChI=1S/C23H19N3O8.ClH/c24-17-9-10-26-22-21(34-23(26)25-17)20(33-19(28)8-6-15-4-2-12-30-15)16(32-22)13-31-18(27)7-5-14-3-1-11-29-14;/h1-12,16,20-22,24H,13H2;1H/b7-5+,8-6+,24-17?;/t16-,20-,21-,22-;/m1./s1. The van der Waals surface area contributed by atoms with Crippen molar-refractivity contribution < 1.29 is 37.4 Å². The number of furan rings is 2. The monoisotopic (exact) mass is 501 g/mol. The van der Waals surface area contributed by atoms with Crippen LogP contribution in [0.3, 0.4) is 0 Å². The Bertz CT molecular complexity index is 1280. The Morgan fingerprint density at radius 2 is 1.74 bits per heavy atom. The fourth-order valence-electron chi connectivity index (χ4n) is 3.61. The summed E-state index contributed by atoms with van der Waals surface area (Å²) >= 11 is 0. The number of carbonyl (C=O) groups excluding carboxylic acids is 2. The molecular weight excluding hydrogens is 482 g/mol. The van der Waals surface area contributed by atoms with Crippen molar-refractivity contribution in [1.82, 2.24) is 9.55 Å². The summed E-state index contributed by atoms with van der Waals surface area (Å²) in [7, 11) is 0. The predicted molar refractivity (Wildman–Crippen MR) is 120 cm³/mol. The van der Waals surface area contributed by atoms with Crippen LogP contribution in [0.4, 0.5) is 0 Å². The third kappa shape index (κ3) is 5.36. The molecule has 0 bridgehead atoms. The Kier molecular flexibility index (Phi) is 7.18. The van der Waals surface area contributed by atoms with Crippen molar-refractivity contribution >= 4 is 36.5 Å². The minimum Gasteiger partial charge on any atom is -0.465 e. The zero-order chi connectivity index (χ0) is 23.5. The molecular formula is C23H20ClN3O8. The summed E-state index contributed by atoms with van der Waals surface area (Å²) in [6.45, 7) is -0.183. The van der Waals surface area contributed by atoms with E-state index in [-0.39, 0.29) is 30.5 Å². The lowest BCUT2D eigenvalue weighted by Gasteiger charge is -2.21. The first kappa shape index (κ1) is 24.0. The lowest BCUT2D eigenvalue weighted by Crippen LogP contribution is -2.39. The number of hydrogen-bond donors (Lipinski definition) is 1. The number of halogens is 1. The molecule has 182 valence electrons. The number of rotatable bonds is 7. The molecule has 1 fully saturated rings. The maximum atomic E-state index is 12.5. The quantitative estimate of drug-likeness (QED) is 0.382. The van der Waals surface area contributed by atoms with Gasteiger partial charge in [0.15, 0.2) is 23.9 Å². The Morgan fingerprint density at radius 3 is 2.40 bits per heavy atom. The average Bonchev–Trinajstić information content (AvgIpc) is 3.61. The fraction of sp³-hybridized carbons (Fsp3) is 0.217. The molecule has 2 aliphatic rings. The van der Waals surface area contributed by atoms with E-state index in [0.717, 1.165) is 0 Å². The summed E-state index contributed by atoms with van der Waals surface area (Å²) in [5.74, 6) is -0.285. The number of nitrogens with zero attached hydrogens (tertiary/aromatic N) is 2. The smallest absolute Gasteiger partial charge is 0.331 e. The molecule has 5 heterocycles. The van der Waals surface area contributed by atoms with Gasteiger partial charge in [0.2, 0.25) is 0 Å². The van der Waals surface area contributed by atoms with Gasteiger partial charge in [-0.15, -0.1) is 12.4 Å². The summed E-state index contributed by atoms with van der Waals surface area (Å²) in [5.41, 5.74) is 0.0231. The SMILES string of the molecule is Cl.N=c1ccn2c(n1)O[C@@H]1[C@H](OC(=O)/C=C/c3ccco3)[C@@H](COC(=O)/C=C/c3ccco3)O[C@H]12. The minimum absolute atomic E-state index is 0. The van der Waals surface area contributed by atoms with Crippen molar-refractivity contribution in [3.63, 3.8) is 0 Å². The number of fused-ring (bicyclic) bond motifs is 3. The molecule has 35 heavy (non-hydrogen) atoms. The molecule has 11 nitrogen and oxygen atoms in total. The lowest BCUT2D eigenvalue weighted by atomic mass is 10.1. The number of ether oxygens (including phenoxy) is 4. The minimum atomic E-state index is -0.906. The Balaban J connectivity index is 0.00000289. The van der Waals surface area contributed by atoms with Crippen LogP contribution < -0.4 is 10.2 Å². The van der Waals surface area contributed by atoms with Gasteiger partial charge in [0.05, 0.1) is 12.5 Å². The number of nitrogens with one attached hydrogen (secondary N) is 1. The Morgan fingerprint density at radius 1 is 1.06 bits per heavy atom. The normalized spacial score (nSPS) is 22.4. The summed E-state index contributed by atoms with van der Waals surface area (Å²) in [6, 6.07) is 8.43. The molecule has 0 radical (unpaired) electrons. The fourth-order valence-corrected chi connectivity index (χ4v) is 3.61. The van der Waals surface area contributed by atoms with Gasteiger partial charge in [-0.25, -0.2) is 9.59 Å². The van der Waals surface area contributed by atoms with Crippen LogP contribution in [-0.4, -0.2) is 46.4 Å². The maximum Gasteiger partial charge on any atom is 0.331 e. The molecule has 1 N–H and O–H groups in total. The predicted octanol–water partition coefficient (Wildman–Crippen LogP) is 2.51. The van der Waals surface area contributed by atoms with Crippen molar-refractivity contribution in [1.29, 1.82) is 5.41 Å². The van der Waals surface area contributed by atoms with Crippen LogP contribution in [0.5, 0.6) is 6.01 Å². The average molecular weight is 502 g/mol. The molecule has 0 spiro atoms. The Hall–Kier alpha value is -4.09. The second-order valence-electron chi connectivity index (χ2n) is 7.38.